The predicted molar refractivity (Wildman–Crippen MR) is 164 cm³/mol. The lowest BCUT2D eigenvalue weighted by Crippen LogP contribution is -2.13. The highest BCUT2D eigenvalue weighted by molar-refractivity contribution is 7.92. The third-order valence-corrected chi connectivity index (χ3v) is 8.26. The summed E-state index contributed by atoms with van der Waals surface area (Å²) in [5.41, 5.74) is 0.726. The summed E-state index contributed by atoms with van der Waals surface area (Å²) < 4.78 is 65.0. The topological polar surface area (TPSA) is 144 Å². The number of carboxylic acid groups (broad SMARTS) is 1. The summed E-state index contributed by atoms with van der Waals surface area (Å²) in [7, 11) is -0.257. The van der Waals surface area contributed by atoms with Crippen molar-refractivity contribution >= 4 is 32.5 Å². The number of nitrogens with one attached hydrogen (secondary N) is 1. The van der Waals surface area contributed by atoms with Gasteiger partial charge in [-0.05, 0) is 83.6 Å². The Labute approximate surface area is 257 Å². The maximum Gasteiger partial charge on any atom is 0.336 e. The number of halogens is 1. The molecule has 12 heteroatoms. The number of sulfonamides is 1. The van der Waals surface area contributed by atoms with Gasteiger partial charge in [0, 0.05) is 16.8 Å². The average molecular weight is 629 g/mol. The van der Waals surface area contributed by atoms with Crippen LogP contribution in [0.25, 0.3) is 21.9 Å². The molecule has 5 aromatic carbocycles. The second-order valence-electron chi connectivity index (χ2n) is 9.61. The first-order valence-corrected chi connectivity index (χ1v) is 14.7. The predicted octanol–water partition coefficient (Wildman–Crippen LogP) is 6.83. The highest BCUT2D eigenvalue weighted by atomic mass is 32.2. The molecule has 2 N–H and O–H groups in total. The molecule has 0 radical (unpaired) electrons. The van der Waals surface area contributed by atoms with Gasteiger partial charge in [-0.25, -0.2) is 17.6 Å². The SMILES string of the molecule is COc1ccc(S(=O)(=O)Nc2ccc(Oc3ccc4cc(C#N)ccc4c3)c(-c3cc(OC)c(OC)cc3C(=O)O)c2)cc1F. The highest BCUT2D eigenvalue weighted by Gasteiger charge is 2.23. The van der Waals surface area contributed by atoms with E-state index in [0.717, 1.165) is 16.8 Å². The molecule has 0 heterocycles. The molecule has 0 aliphatic rings. The van der Waals surface area contributed by atoms with Gasteiger partial charge in [-0.2, -0.15) is 5.26 Å². The Morgan fingerprint density at radius 1 is 0.778 bits per heavy atom. The molecule has 5 rings (SSSR count). The first kappa shape index (κ1) is 30.7. The van der Waals surface area contributed by atoms with E-state index < -0.39 is 21.8 Å². The molecule has 45 heavy (non-hydrogen) atoms. The number of fused-ring (bicyclic) bond motifs is 1. The molecule has 0 fully saturated rings. The van der Waals surface area contributed by atoms with E-state index >= 15 is 0 Å². The standard InChI is InChI=1S/C33H25FN2O8S/c1-41-30-11-9-24(15-28(30)34)45(39,40)36-22-7-10-29(44-23-8-6-20-12-19(18-35)4-5-21(20)13-23)26(14-22)25-16-31(42-2)32(43-3)17-27(25)33(37)38/h4-17,36H,1-3H3,(H,37,38). The van der Waals surface area contributed by atoms with Crippen LogP contribution >= 0.6 is 0 Å². The lowest BCUT2D eigenvalue weighted by Gasteiger charge is -2.18. The molecule has 0 aromatic heterocycles. The summed E-state index contributed by atoms with van der Waals surface area (Å²) in [5.74, 6) is -1.28. The van der Waals surface area contributed by atoms with Crippen molar-refractivity contribution in [2.24, 2.45) is 0 Å². The molecule has 0 aliphatic carbocycles. The molecule has 5 aromatic rings. The summed E-state index contributed by atoms with van der Waals surface area (Å²) in [5, 5.41) is 20.9. The number of nitrogens with zero attached hydrogens (tertiary/aromatic N) is 1. The van der Waals surface area contributed by atoms with Gasteiger partial charge in [-0.1, -0.05) is 12.1 Å². The minimum atomic E-state index is -4.28. The van der Waals surface area contributed by atoms with E-state index in [4.69, 9.17) is 18.9 Å². The highest BCUT2D eigenvalue weighted by Crippen LogP contribution is 2.42. The van der Waals surface area contributed by atoms with Gasteiger partial charge in [-0.15, -0.1) is 0 Å². The summed E-state index contributed by atoms with van der Waals surface area (Å²) in [6, 6.07) is 22.8. The van der Waals surface area contributed by atoms with Crippen LogP contribution in [-0.2, 0) is 10.0 Å². The van der Waals surface area contributed by atoms with Gasteiger partial charge in [0.25, 0.3) is 10.0 Å². The summed E-state index contributed by atoms with van der Waals surface area (Å²) in [6.07, 6.45) is 0. The van der Waals surface area contributed by atoms with Gasteiger partial charge >= 0.3 is 5.97 Å². The number of hydrogen-bond acceptors (Lipinski definition) is 8. The minimum absolute atomic E-state index is 0.0437. The Morgan fingerprint density at radius 3 is 2.11 bits per heavy atom. The number of rotatable bonds is 10. The molecule has 0 aliphatic heterocycles. The monoisotopic (exact) mass is 628 g/mol. The number of methoxy groups -OCH3 is 3. The Hall–Kier alpha value is -5.80. The van der Waals surface area contributed by atoms with Gasteiger partial charge in [0.1, 0.15) is 11.5 Å². The van der Waals surface area contributed by atoms with Crippen LogP contribution in [0.5, 0.6) is 28.7 Å². The fourth-order valence-electron chi connectivity index (χ4n) is 4.68. The van der Waals surface area contributed by atoms with Crippen molar-refractivity contribution in [2.75, 3.05) is 26.1 Å². The Bertz CT molecular complexity index is 2110. The van der Waals surface area contributed by atoms with E-state index in [1.807, 2.05) is 0 Å². The summed E-state index contributed by atoms with van der Waals surface area (Å²) >= 11 is 0. The minimum Gasteiger partial charge on any atom is -0.494 e. The number of aromatic carboxylic acids is 1. The molecule has 0 spiro atoms. The van der Waals surface area contributed by atoms with E-state index in [2.05, 4.69) is 10.8 Å². The number of ether oxygens (including phenoxy) is 4. The van der Waals surface area contributed by atoms with Gasteiger partial charge < -0.3 is 24.1 Å². The maximum atomic E-state index is 14.3. The lowest BCUT2D eigenvalue weighted by molar-refractivity contribution is 0.0697. The van der Waals surface area contributed by atoms with Crippen molar-refractivity contribution in [1.29, 1.82) is 5.26 Å². The molecule has 0 saturated carbocycles. The molecule has 0 bridgehead atoms. The van der Waals surface area contributed by atoms with Crippen molar-refractivity contribution in [2.45, 2.75) is 4.90 Å². The van der Waals surface area contributed by atoms with E-state index in [1.165, 1.54) is 63.8 Å². The van der Waals surface area contributed by atoms with Crippen molar-refractivity contribution in [1.82, 2.24) is 0 Å². The lowest BCUT2D eigenvalue weighted by atomic mass is 9.97. The molecule has 0 amide bonds. The second kappa shape index (κ2) is 12.4. The van der Waals surface area contributed by atoms with E-state index in [9.17, 15) is 28.0 Å². The van der Waals surface area contributed by atoms with Crippen LogP contribution in [0.3, 0.4) is 0 Å². The zero-order valence-corrected chi connectivity index (χ0v) is 24.9. The quantitative estimate of drug-likeness (QED) is 0.170. The van der Waals surface area contributed by atoms with E-state index in [1.54, 1.807) is 36.4 Å². The van der Waals surface area contributed by atoms with Crippen LogP contribution in [0.15, 0.2) is 89.8 Å². The Balaban J connectivity index is 1.64. The van der Waals surface area contributed by atoms with Crippen molar-refractivity contribution in [3.63, 3.8) is 0 Å². The average Bonchev–Trinajstić information content (AvgIpc) is 3.04. The number of hydrogen-bond donors (Lipinski definition) is 2. The summed E-state index contributed by atoms with van der Waals surface area (Å²) in [4.78, 5) is 12.0. The maximum absolute atomic E-state index is 14.3. The number of anilines is 1. The molecule has 10 nitrogen and oxygen atoms in total. The van der Waals surface area contributed by atoms with Crippen LogP contribution in [0, 0.1) is 17.1 Å². The zero-order valence-electron chi connectivity index (χ0n) is 24.1. The van der Waals surface area contributed by atoms with Gasteiger partial charge in [-0.3, -0.25) is 4.72 Å². The Kier molecular flexibility index (Phi) is 8.47. The number of carboxylic acids is 1. The molecular weight excluding hydrogens is 603 g/mol. The van der Waals surface area contributed by atoms with Gasteiger partial charge in [0.15, 0.2) is 23.1 Å². The second-order valence-corrected chi connectivity index (χ2v) is 11.3. The van der Waals surface area contributed by atoms with Crippen LogP contribution in [-0.4, -0.2) is 40.8 Å². The number of benzene rings is 5. The molecule has 228 valence electrons. The van der Waals surface area contributed by atoms with Crippen molar-refractivity contribution in [3.8, 4) is 45.9 Å². The molecule has 0 saturated heterocycles. The fourth-order valence-corrected chi connectivity index (χ4v) is 5.74. The van der Waals surface area contributed by atoms with Crippen LogP contribution in [0.1, 0.15) is 15.9 Å². The Morgan fingerprint density at radius 2 is 1.44 bits per heavy atom. The molecule has 0 atom stereocenters. The van der Waals surface area contributed by atoms with Gasteiger partial charge in [0.05, 0.1) is 43.4 Å². The van der Waals surface area contributed by atoms with Crippen LogP contribution < -0.4 is 23.7 Å². The molecular formula is C33H25FN2O8S. The third kappa shape index (κ3) is 6.29. The van der Waals surface area contributed by atoms with E-state index in [-0.39, 0.29) is 50.3 Å². The smallest absolute Gasteiger partial charge is 0.336 e. The van der Waals surface area contributed by atoms with E-state index in [0.29, 0.717) is 11.3 Å². The third-order valence-electron chi connectivity index (χ3n) is 6.88. The first-order valence-electron chi connectivity index (χ1n) is 13.2. The van der Waals surface area contributed by atoms with Gasteiger partial charge in [0.2, 0.25) is 0 Å². The normalized spacial score (nSPS) is 11.0. The fraction of sp³-hybridized carbons (Fsp3) is 0.0909. The first-order chi connectivity index (χ1) is 21.6. The zero-order chi connectivity index (χ0) is 32.3. The van der Waals surface area contributed by atoms with Crippen molar-refractivity contribution < 1.29 is 41.7 Å². The number of nitriles is 1. The van der Waals surface area contributed by atoms with Crippen LogP contribution in [0.4, 0.5) is 10.1 Å². The van der Waals surface area contributed by atoms with Crippen molar-refractivity contribution in [3.05, 3.63) is 102 Å². The summed E-state index contributed by atoms with van der Waals surface area (Å²) in [6.45, 7) is 0. The van der Waals surface area contributed by atoms with Crippen LogP contribution in [0.2, 0.25) is 0 Å². The number of carbonyl (C=O) groups is 1. The largest absolute Gasteiger partial charge is 0.494 e. The molecule has 0 unspecified atom stereocenters.